The van der Waals surface area contributed by atoms with E-state index in [0.29, 0.717) is 6.04 Å². The number of furan rings is 1. The molecule has 0 bridgehead atoms. The van der Waals surface area contributed by atoms with E-state index in [2.05, 4.69) is 43.1 Å². The average Bonchev–Trinajstić information content (AvgIpc) is 2.90. The highest BCUT2D eigenvalue weighted by molar-refractivity contribution is 7.99. The fraction of sp³-hybridized carbons (Fsp3) is 0.250. The van der Waals surface area contributed by atoms with E-state index in [1.54, 1.807) is 18.0 Å². The molecule has 1 atom stereocenters. The van der Waals surface area contributed by atoms with Crippen molar-refractivity contribution in [3.8, 4) is 0 Å². The molecule has 1 heterocycles. The second-order valence-electron chi connectivity index (χ2n) is 4.42. The van der Waals surface area contributed by atoms with Gasteiger partial charge < -0.3 is 9.73 Å². The van der Waals surface area contributed by atoms with Crippen molar-refractivity contribution in [2.24, 2.45) is 0 Å². The van der Waals surface area contributed by atoms with Crippen LogP contribution in [0.25, 0.3) is 0 Å². The second-order valence-corrected chi connectivity index (χ2v) is 5.49. The summed E-state index contributed by atoms with van der Waals surface area (Å²) in [4.78, 5) is 1.26. The van der Waals surface area contributed by atoms with E-state index in [1.165, 1.54) is 10.6 Å². The van der Waals surface area contributed by atoms with E-state index in [1.807, 2.05) is 18.2 Å². The topological polar surface area (TPSA) is 25.2 Å². The maximum absolute atomic E-state index is 5.38. The van der Waals surface area contributed by atoms with E-state index in [4.69, 9.17) is 4.42 Å². The van der Waals surface area contributed by atoms with E-state index < -0.39 is 0 Å². The van der Waals surface area contributed by atoms with Crippen molar-refractivity contribution in [1.29, 1.82) is 0 Å². The van der Waals surface area contributed by atoms with Crippen LogP contribution in [0.4, 0.5) is 5.69 Å². The van der Waals surface area contributed by atoms with Crippen molar-refractivity contribution >= 4 is 17.4 Å². The van der Waals surface area contributed by atoms with Crippen LogP contribution in [0.1, 0.15) is 12.7 Å². The van der Waals surface area contributed by atoms with Crippen LogP contribution in [-0.2, 0) is 6.42 Å². The molecule has 19 heavy (non-hydrogen) atoms. The Kier molecular flexibility index (Phi) is 5.16. The largest absolute Gasteiger partial charge is 0.469 e. The number of hydrogen-bond donors (Lipinski definition) is 1. The number of hydrogen-bond acceptors (Lipinski definition) is 3. The third-order valence-corrected chi connectivity index (χ3v) is 3.80. The maximum Gasteiger partial charge on any atom is 0.105 e. The first-order valence-corrected chi connectivity index (χ1v) is 7.40. The van der Waals surface area contributed by atoms with Crippen molar-refractivity contribution in [3.63, 3.8) is 0 Å². The van der Waals surface area contributed by atoms with Gasteiger partial charge in [-0.25, -0.2) is 0 Å². The first-order chi connectivity index (χ1) is 9.29. The Balaban J connectivity index is 1.99. The van der Waals surface area contributed by atoms with Gasteiger partial charge >= 0.3 is 0 Å². The van der Waals surface area contributed by atoms with Crippen molar-refractivity contribution in [1.82, 2.24) is 0 Å². The van der Waals surface area contributed by atoms with Gasteiger partial charge in [0.25, 0.3) is 0 Å². The molecule has 0 aliphatic heterocycles. The summed E-state index contributed by atoms with van der Waals surface area (Å²) in [6.45, 7) is 5.93. The highest BCUT2D eigenvalue weighted by Gasteiger charge is 2.08. The standard InChI is InChI=1S/C16H19NOS/c1-3-11-19-16-9-5-4-8-15(16)17-13(2)12-14-7-6-10-18-14/h3-10,13,17H,1,11-12H2,2H3. The first-order valence-electron chi connectivity index (χ1n) is 6.41. The highest BCUT2D eigenvalue weighted by Crippen LogP contribution is 2.27. The van der Waals surface area contributed by atoms with Gasteiger partial charge in [-0.05, 0) is 31.2 Å². The van der Waals surface area contributed by atoms with Crippen molar-refractivity contribution in [3.05, 3.63) is 61.1 Å². The Morgan fingerprint density at radius 3 is 2.89 bits per heavy atom. The number of benzene rings is 1. The molecule has 0 aliphatic rings. The quantitative estimate of drug-likeness (QED) is 0.589. The zero-order valence-electron chi connectivity index (χ0n) is 11.1. The van der Waals surface area contributed by atoms with E-state index in [0.717, 1.165) is 17.9 Å². The van der Waals surface area contributed by atoms with Gasteiger partial charge in [0, 0.05) is 28.8 Å². The minimum Gasteiger partial charge on any atom is -0.469 e. The molecular formula is C16H19NOS. The molecule has 0 saturated heterocycles. The number of thioether (sulfide) groups is 1. The normalized spacial score (nSPS) is 12.1. The number of para-hydroxylation sites is 1. The molecule has 3 heteroatoms. The molecule has 1 aromatic heterocycles. The lowest BCUT2D eigenvalue weighted by molar-refractivity contribution is 0.497. The first kappa shape index (κ1) is 13.8. The minimum atomic E-state index is 0.330. The lowest BCUT2D eigenvalue weighted by Crippen LogP contribution is -2.18. The summed E-state index contributed by atoms with van der Waals surface area (Å²) in [5.41, 5.74) is 1.17. The summed E-state index contributed by atoms with van der Waals surface area (Å²) in [6, 6.07) is 12.6. The Morgan fingerprint density at radius 1 is 1.32 bits per heavy atom. The van der Waals surface area contributed by atoms with Crippen molar-refractivity contribution in [2.45, 2.75) is 24.3 Å². The Bertz CT molecular complexity index is 507. The summed E-state index contributed by atoms with van der Waals surface area (Å²) >= 11 is 1.79. The second kappa shape index (κ2) is 7.10. The molecule has 0 spiro atoms. The molecule has 0 radical (unpaired) electrons. The van der Waals surface area contributed by atoms with Crippen LogP contribution >= 0.6 is 11.8 Å². The number of nitrogens with one attached hydrogen (secondary N) is 1. The van der Waals surface area contributed by atoms with E-state index in [9.17, 15) is 0 Å². The third-order valence-electron chi connectivity index (χ3n) is 2.73. The summed E-state index contributed by atoms with van der Waals surface area (Å²) in [6.07, 6.45) is 4.52. The molecule has 0 fully saturated rings. The smallest absolute Gasteiger partial charge is 0.105 e. The summed E-state index contributed by atoms with van der Waals surface area (Å²) in [5.74, 6) is 1.93. The monoisotopic (exact) mass is 273 g/mol. The average molecular weight is 273 g/mol. The predicted octanol–water partition coefficient (Wildman–Crippen LogP) is 4.60. The highest BCUT2D eigenvalue weighted by atomic mass is 32.2. The Hall–Kier alpha value is -1.61. The van der Waals surface area contributed by atoms with Gasteiger partial charge in [-0.3, -0.25) is 0 Å². The van der Waals surface area contributed by atoms with Gasteiger partial charge in [0.2, 0.25) is 0 Å². The molecule has 1 aromatic carbocycles. The molecule has 0 amide bonds. The minimum absolute atomic E-state index is 0.330. The number of rotatable bonds is 7. The fourth-order valence-electron chi connectivity index (χ4n) is 1.91. The fourth-order valence-corrected chi connectivity index (χ4v) is 2.66. The molecule has 2 aromatic rings. The zero-order chi connectivity index (χ0) is 13.5. The van der Waals surface area contributed by atoms with Gasteiger partial charge in [0.05, 0.1) is 6.26 Å². The molecule has 0 aliphatic carbocycles. The van der Waals surface area contributed by atoms with E-state index >= 15 is 0 Å². The third kappa shape index (κ3) is 4.21. The van der Waals surface area contributed by atoms with Gasteiger partial charge in [-0.2, -0.15) is 0 Å². The zero-order valence-corrected chi connectivity index (χ0v) is 12.0. The Morgan fingerprint density at radius 2 is 2.16 bits per heavy atom. The van der Waals surface area contributed by atoms with Gasteiger partial charge in [-0.1, -0.05) is 18.2 Å². The van der Waals surface area contributed by atoms with Crippen LogP contribution < -0.4 is 5.32 Å². The van der Waals surface area contributed by atoms with Gasteiger partial charge in [0.15, 0.2) is 0 Å². The molecule has 2 rings (SSSR count). The lowest BCUT2D eigenvalue weighted by atomic mass is 10.2. The Labute approximate surface area is 118 Å². The van der Waals surface area contributed by atoms with Crippen LogP contribution in [0.3, 0.4) is 0 Å². The van der Waals surface area contributed by atoms with Gasteiger partial charge in [-0.15, -0.1) is 18.3 Å². The van der Waals surface area contributed by atoms with Crippen LogP contribution in [-0.4, -0.2) is 11.8 Å². The molecular weight excluding hydrogens is 254 g/mol. The SMILES string of the molecule is C=CCSc1ccccc1NC(C)Cc1ccco1. The molecule has 1 unspecified atom stereocenters. The van der Waals surface area contributed by atoms with Crippen LogP contribution in [0.15, 0.2) is 64.6 Å². The number of anilines is 1. The van der Waals surface area contributed by atoms with Crippen molar-refractivity contribution in [2.75, 3.05) is 11.1 Å². The van der Waals surface area contributed by atoms with Crippen LogP contribution in [0.5, 0.6) is 0 Å². The molecule has 100 valence electrons. The summed E-state index contributed by atoms with van der Waals surface area (Å²) in [5, 5.41) is 3.54. The lowest BCUT2D eigenvalue weighted by Gasteiger charge is -2.16. The predicted molar refractivity (Wildman–Crippen MR) is 82.9 cm³/mol. The van der Waals surface area contributed by atoms with Crippen molar-refractivity contribution < 1.29 is 4.42 Å². The molecule has 1 N–H and O–H groups in total. The van der Waals surface area contributed by atoms with Crippen LogP contribution in [0, 0.1) is 0 Å². The van der Waals surface area contributed by atoms with Gasteiger partial charge in [0.1, 0.15) is 5.76 Å². The molecule has 2 nitrogen and oxygen atoms in total. The summed E-state index contributed by atoms with van der Waals surface area (Å²) in [7, 11) is 0. The van der Waals surface area contributed by atoms with Crippen LogP contribution in [0.2, 0.25) is 0 Å². The maximum atomic E-state index is 5.38. The van der Waals surface area contributed by atoms with E-state index in [-0.39, 0.29) is 0 Å². The molecule has 0 saturated carbocycles. The summed E-state index contributed by atoms with van der Waals surface area (Å²) < 4.78 is 5.38.